The van der Waals surface area contributed by atoms with Crippen LogP contribution in [0.25, 0.3) is 0 Å². The molecule has 0 aromatic heterocycles. The van der Waals surface area contributed by atoms with E-state index in [1.807, 2.05) is 0 Å². The van der Waals surface area contributed by atoms with Crippen molar-refractivity contribution in [2.24, 2.45) is 5.10 Å². The van der Waals surface area contributed by atoms with Crippen LogP contribution in [0.3, 0.4) is 0 Å². The molecule has 0 atom stereocenters. The van der Waals surface area contributed by atoms with Crippen molar-refractivity contribution in [3.63, 3.8) is 0 Å². The van der Waals surface area contributed by atoms with Gasteiger partial charge in [-0.15, -0.1) is 0 Å². The van der Waals surface area contributed by atoms with Crippen LogP contribution >= 0.6 is 0 Å². The molecule has 3 nitrogen and oxygen atoms in total. The molecule has 1 aromatic carbocycles. The van der Waals surface area contributed by atoms with E-state index in [-0.39, 0.29) is 6.61 Å². The molecule has 1 rings (SSSR count). The number of nitrogens with one attached hydrogen (secondary N) is 1. The van der Waals surface area contributed by atoms with E-state index in [4.69, 9.17) is 5.11 Å². The minimum atomic E-state index is -4.31. The number of benzene rings is 1. The second-order valence-corrected chi connectivity index (χ2v) is 3.01. The summed E-state index contributed by atoms with van der Waals surface area (Å²) in [6.07, 6.45) is -2.93. The number of hydrogen-bond donors (Lipinski definition) is 2. The Morgan fingerprint density at radius 3 is 2.38 bits per heavy atom. The molecule has 0 radical (unpaired) electrons. The predicted molar refractivity (Wildman–Crippen MR) is 54.1 cm³/mol. The van der Waals surface area contributed by atoms with Crippen LogP contribution in [0.5, 0.6) is 0 Å². The second-order valence-electron chi connectivity index (χ2n) is 3.01. The quantitative estimate of drug-likeness (QED) is 0.470. The summed E-state index contributed by atoms with van der Waals surface area (Å²) in [7, 11) is 0. The maximum atomic E-state index is 12.2. The maximum Gasteiger partial charge on any atom is 0.416 e. The lowest BCUT2D eigenvalue weighted by atomic mass is 10.1. The van der Waals surface area contributed by atoms with Crippen molar-refractivity contribution >= 4 is 6.21 Å². The Balaban J connectivity index is 2.61. The van der Waals surface area contributed by atoms with E-state index in [0.717, 1.165) is 12.1 Å². The minimum Gasteiger partial charge on any atom is -0.394 e. The fourth-order valence-electron chi connectivity index (χ4n) is 0.993. The molecular weight excluding hydrogens is 221 g/mol. The number of alkyl halides is 3. The van der Waals surface area contributed by atoms with E-state index in [2.05, 4.69) is 10.5 Å². The molecule has 0 aliphatic heterocycles. The van der Waals surface area contributed by atoms with Gasteiger partial charge < -0.3 is 10.5 Å². The van der Waals surface area contributed by atoms with Crippen molar-refractivity contribution in [1.82, 2.24) is 5.43 Å². The number of aliphatic hydroxyl groups excluding tert-OH is 1. The van der Waals surface area contributed by atoms with E-state index >= 15 is 0 Å². The monoisotopic (exact) mass is 232 g/mol. The lowest BCUT2D eigenvalue weighted by molar-refractivity contribution is -0.137. The van der Waals surface area contributed by atoms with E-state index < -0.39 is 11.7 Å². The standard InChI is InChI=1S/C10H11F3N2O/c11-10(12,13)9-3-1-8(2-4-9)7-15-14-5-6-16/h1-4,7,14,16H,5-6H2. The Labute approximate surface area is 90.6 Å². The van der Waals surface area contributed by atoms with Crippen molar-refractivity contribution in [1.29, 1.82) is 0 Å². The largest absolute Gasteiger partial charge is 0.416 e. The fraction of sp³-hybridized carbons (Fsp3) is 0.300. The molecule has 6 heteroatoms. The van der Waals surface area contributed by atoms with Gasteiger partial charge in [0.05, 0.1) is 24.9 Å². The molecule has 0 aliphatic rings. The van der Waals surface area contributed by atoms with Crippen LogP contribution in [-0.2, 0) is 6.18 Å². The number of rotatable bonds is 4. The Kier molecular flexibility index (Phi) is 4.30. The smallest absolute Gasteiger partial charge is 0.394 e. The molecule has 0 saturated heterocycles. The SMILES string of the molecule is OCCNN=Cc1ccc(C(F)(F)F)cc1. The van der Waals surface area contributed by atoms with Crippen LogP contribution in [-0.4, -0.2) is 24.5 Å². The molecule has 16 heavy (non-hydrogen) atoms. The van der Waals surface area contributed by atoms with Crippen molar-refractivity contribution in [2.45, 2.75) is 6.18 Å². The fourth-order valence-corrected chi connectivity index (χ4v) is 0.993. The lowest BCUT2D eigenvalue weighted by Gasteiger charge is -2.05. The molecule has 0 saturated carbocycles. The molecule has 0 spiro atoms. The second kappa shape index (κ2) is 5.50. The van der Waals surface area contributed by atoms with Crippen molar-refractivity contribution in [3.05, 3.63) is 35.4 Å². The lowest BCUT2D eigenvalue weighted by Crippen LogP contribution is -2.11. The number of hydrogen-bond acceptors (Lipinski definition) is 3. The van der Waals surface area contributed by atoms with Gasteiger partial charge in [-0.25, -0.2) is 0 Å². The highest BCUT2D eigenvalue weighted by Gasteiger charge is 2.29. The first-order chi connectivity index (χ1) is 7.54. The number of halogens is 3. The van der Waals surface area contributed by atoms with Crippen LogP contribution in [0, 0.1) is 0 Å². The minimum absolute atomic E-state index is 0.0512. The Hall–Kier alpha value is -1.56. The first-order valence-electron chi connectivity index (χ1n) is 4.58. The highest BCUT2D eigenvalue weighted by molar-refractivity contribution is 5.79. The zero-order chi connectivity index (χ0) is 12.0. The Morgan fingerprint density at radius 1 is 1.25 bits per heavy atom. The van der Waals surface area contributed by atoms with Gasteiger partial charge >= 0.3 is 6.18 Å². The van der Waals surface area contributed by atoms with Crippen molar-refractivity contribution < 1.29 is 18.3 Å². The van der Waals surface area contributed by atoms with Gasteiger partial charge in [-0.05, 0) is 17.7 Å². The third-order valence-corrected chi connectivity index (χ3v) is 1.77. The van der Waals surface area contributed by atoms with Crippen LogP contribution in [0.1, 0.15) is 11.1 Å². The molecule has 0 amide bonds. The predicted octanol–water partition coefficient (Wildman–Crippen LogP) is 1.62. The molecule has 0 bridgehead atoms. The molecule has 1 aromatic rings. The van der Waals surface area contributed by atoms with Gasteiger partial charge in [-0.3, -0.25) is 0 Å². The summed E-state index contributed by atoms with van der Waals surface area (Å²) in [5.41, 5.74) is 2.39. The van der Waals surface area contributed by atoms with Gasteiger partial charge in [-0.2, -0.15) is 18.3 Å². The average Bonchev–Trinajstić information content (AvgIpc) is 2.24. The van der Waals surface area contributed by atoms with E-state index in [0.29, 0.717) is 12.1 Å². The summed E-state index contributed by atoms with van der Waals surface area (Å²) in [4.78, 5) is 0. The van der Waals surface area contributed by atoms with Gasteiger partial charge in [0, 0.05) is 0 Å². The number of nitrogens with zero attached hydrogens (tertiary/aromatic N) is 1. The van der Waals surface area contributed by atoms with Crippen molar-refractivity contribution in [2.75, 3.05) is 13.2 Å². The first kappa shape index (κ1) is 12.5. The van der Waals surface area contributed by atoms with Crippen LogP contribution in [0.4, 0.5) is 13.2 Å². The van der Waals surface area contributed by atoms with Gasteiger partial charge in [0.2, 0.25) is 0 Å². The third kappa shape index (κ3) is 3.90. The summed E-state index contributed by atoms with van der Waals surface area (Å²) in [5.74, 6) is 0. The summed E-state index contributed by atoms with van der Waals surface area (Å²) < 4.78 is 36.6. The van der Waals surface area contributed by atoms with Gasteiger partial charge in [-0.1, -0.05) is 12.1 Å². The number of hydrazone groups is 1. The molecule has 0 fully saturated rings. The third-order valence-electron chi connectivity index (χ3n) is 1.77. The van der Waals surface area contributed by atoms with Crippen molar-refractivity contribution in [3.8, 4) is 0 Å². The van der Waals surface area contributed by atoms with E-state index in [9.17, 15) is 13.2 Å². The maximum absolute atomic E-state index is 12.2. The van der Waals surface area contributed by atoms with Gasteiger partial charge in [0.15, 0.2) is 0 Å². The summed E-state index contributed by atoms with van der Waals surface area (Å²) in [6.45, 7) is 0.251. The molecule has 0 unspecified atom stereocenters. The van der Waals surface area contributed by atoms with E-state index in [1.165, 1.54) is 18.3 Å². The Bertz CT molecular complexity index is 346. The zero-order valence-corrected chi connectivity index (χ0v) is 8.33. The highest BCUT2D eigenvalue weighted by atomic mass is 19.4. The van der Waals surface area contributed by atoms with Crippen LogP contribution in [0.2, 0.25) is 0 Å². The molecule has 88 valence electrons. The topological polar surface area (TPSA) is 44.6 Å². The van der Waals surface area contributed by atoms with Gasteiger partial charge in [0.25, 0.3) is 0 Å². The number of aliphatic hydroxyl groups is 1. The summed E-state index contributed by atoms with van der Waals surface area (Å²) >= 11 is 0. The van der Waals surface area contributed by atoms with Crippen LogP contribution in [0.15, 0.2) is 29.4 Å². The van der Waals surface area contributed by atoms with Crippen LogP contribution < -0.4 is 5.43 Å². The summed E-state index contributed by atoms with van der Waals surface area (Å²) in [6, 6.07) is 4.64. The molecule has 0 heterocycles. The molecular formula is C10H11F3N2O. The normalized spacial score (nSPS) is 12.0. The Morgan fingerprint density at radius 2 is 1.88 bits per heavy atom. The summed E-state index contributed by atoms with van der Waals surface area (Å²) in [5, 5.41) is 12.1. The first-order valence-corrected chi connectivity index (χ1v) is 4.58. The van der Waals surface area contributed by atoms with Gasteiger partial charge in [0.1, 0.15) is 0 Å². The molecule has 0 aliphatic carbocycles. The highest BCUT2D eigenvalue weighted by Crippen LogP contribution is 2.28. The molecule has 2 N–H and O–H groups in total. The zero-order valence-electron chi connectivity index (χ0n) is 8.33. The average molecular weight is 232 g/mol. The van der Waals surface area contributed by atoms with E-state index in [1.54, 1.807) is 0 Å².